The van der Waals surface area contributed by atoms with Gasteiger partial charge in [0.25, 0.3) is 0 Å². The molecule has 0 N–H and O–H groups in total. The Morgan fingerprint density at radius 1 is 0.786 bits per heavy atom. The lowest BCUT2D eigenvalue weighted by Gasteiger charge is -2.44. The van der Waals surface area contributed by atoms with Crippen molar-refractivity contribution in [2.24, 2.45) is 11.3 Å². The van der Waals surface area contributed by atoms with E-state index in [1.807, 2.05) is 0 Å². The predicted octanol–water partition coefficient (Wildman–Crippen LogP) is 6.25. The van der Waals surface area contributed by atoms with Crippen molar-refractivity contribution in [3.05, 3.63) is 29.8 Å². The largest absolute Gasteiger partial charge is 0.369 e. The highest BCUT2D eigenvalue weighted by atomic mass is 35.5. The Bertz CT molecular complexity index is 617. The zero-order chi connectivity index (χ0) is 18.1. The van der Waals surface area contributed by atoms with E-state index >= 15 is 0 Å². The van der Waals surface area contributed by atoms with Gasteiger partial charge < -0.3 is 4.90 Å². The van der Waals surface area contributed by atoms with Crippen molar-refractivity contribution >= 4 is 18.1 Å². The fraction of sp³-hybridized carbons (Fsp3) is 0.760. The highest BCUT2D eigenvalue weighted by molar-refractivity contribution is 5.85. The predicted molar refractivity (Wildman–Crippen MR) is 122 cm³/mol. The van der Waals surface area contributed by atoms with Gasteiger partial charge in [-0.25, -0.2) is 0 Å². The SMILES string of the molecule is Cl.c1ccc(N2CCN(CC3CC3)CC2)c(C2CCC3(CCCCC3)CC2)c1. The van der Waals surface area contributed by atoms with Crippen LogP contribution >= 0.6 is 12.4 Å². The zero-order valence-electron chi connectivity index (χ0n) is 17.6. The molecule has 0 amide bonds. The summed E-state index contributed by atoms with van der Waals surface area (Å²) in [7, 11) is 0. The smallest absolute Gasteiger partial charge is 0.0402 e. The van der Waals surface area contributed by atoms with Gasteiger partial charge in [-0.2, -0.15) is 0 Å². The normalized spacial score (nSPS) is 26.2. The molecule has 0 unspecified atom stereocenters. The van der Waals surface area contributed by atoms with Crippen LogP contribution in [0.25, 0.3) is 0 Å². The molecular weight excluding hydrogens is 364 g/mol. The Morgan fingerprint density at radius 3 is 2.14 bits per heavy atom. The van der Waals surface area contributed by atoms with Gasteiger partial charge in [-0.1, -0.05) is 37.5 Å². The zero-order valence-corrected chi connectivity index (χ0v) is 18.4. The number of piperazine rings is 1. The van der Waals surface area contributed by atoms with Crippen LogP contribution in [0, 0.1) is 11.3 Å². The van der Waals surface area contributed by atoms with Crippen molar-refractivity contribution < 1.29 is 0 Å². The van der Waals surface area contributed by atoms with Gasteiger partial charge in [0.05, 0.1) is 0 Å². The van der Waals surface area contributed by atoms with Gasteiger partial charge in [0.1, 0.15) is 0 Å². The standard InChI is InChI=1S/C25H38N2.ClH/c1-4-12-25(13-5-1)14-10-22(11-15-25)23-6-2-3-7-24(23)27-18-16-26(17-19-27)20-21-8-9-21;/h2-3,6-7,21-22H,1,4-5,8-20H2;1H. The van der Waals surface area contributed by atoms with E-state index in [-0.39, 0.29) is 12.4 Å². The monoisotopic (exact) mass is 402 g/mol. The molecule has 5 rings (SSSR count). The van der Waals surface area contributed by atoms with E-state index in [1.54, 1.807) is 11.3 Å². The summed E-state index contributed by atoms with van der Waals surface area (Å²) >= 11 is 0. The Kier molecular flexibility index (Phi) is 6.57. The minimum Gasteiger partial charge on any atom is -0.369 e. The molecule has 0 aromatic heterocycles. The van der Waals surface area contributed by atoms with Crippen molar-refractivity contribution in [2.75, 3.05) is 37.6 Å². The van der Waals surface area contributed by atoms with E-state index in [1.165, 1.54) is 103 Å². The molecule has 4 fully saturated rings. The van der Waals surface area contributed by atoms with Crippen molar-refractivity contribution in [1.29, 1.82) is 0 Å². The van der Waals surface area contributed by atoms with Gasteiger partial charge in [-0.3, -0.25) is 4.90 Å². The van der Waals surface area contributed by atoms with Crippen LogP contribution in [-0.4, -0.2) is 37.6 Å². The highest BCUT2D eigenvalue weighted by Crippen LogP contribution is 2.51. The number of benzene rings is 1. The van der Waals surface area contributed by atoms with Crippen LogP contribution in [0.1, 0.15) is 82.1 Å². The average molecular weight is 403 g/mol. The number of anilines is 1. The van der Waals surface area contributed by atoms with Gasteiger partial charge in [0, 0.05) is 38.4 Å². The maximum Gasteiger partial charge on any atom is 0.0402 e. The summed E-state index contributed by atoms with van der Waals surface area (Å²) in [5.41, 5.74) is 3.96. The first-order chi connectivity index (χ1) is 13.3. The average Bonchev–Trinajstić information content (AvgIpc) is 3.54. The first-order valence-corrected chi connectivity index (χ1v) is 11.9. The van der Waals surface area contributed by atoms with Crippen LogP contribution in [-0.2, 0) is 0 Å². The third-order valence-corrected chi connectivity index (χ3v) is 8.26. The summed E-state index contributed by atoms with van der Waals surface area (Å²) < 4.78 is 0. The molecule has 28 heavy (non-hydrogen) atoms. The number of hydrogen-bond acceptors (Lipinski definition) is 2. The van der Waals surface area contributed by atoms with Crippen molar-refractivity contribution in [3.63, 3.8) is 0 Å². The van der Waals surface area contributed by atoms with Gasteiger partial charge in [0.15, 0.2) is 0 Å². The summed E-state index contributed by atoms with van der Waals surface area (Å²) in [6.07, 6.45) is 16.3. The lowest BCUT2D eigenvalue weighted by atomic mass is 9.62. The first kappa shape index (κ1) is 20.5. The second kappa shape index (κ2) is 8.96. The molecule has 0 bridgehead atoms. The molecule has 0 atom stereocenters. The van der Waals surface area contributed by atoms with E-state index < -0.39 is 0 Å². The minimum absolute atomic E-state index is 0. The Labute approximate surface area is 178 Å². The Hall–Kier alpha value is -0.730. The van der Waals surface area contributed by atoms with Gasteiger partial charge >= 0.3 is 0 Å². The molecule has 1 aliphatic heterocycles. The number of para-hydroxylation sites is 1. The van der Waals surface area contributed by atoms with Crippen molar-refractivity contribution in [3.8, 4) is 0 Å². The second-order valence-electron chi connectivity index (χ2n) is 10.1. The minimum atomic E-state index is 0. The van der Waals surface area contributed by atoms with Crippen LogP contribution < -0.4 is 4.90 Å². The molecule has 1 spiro atoms. The summed E-state index contributed by atoms with van der Waals surface area (Å²) in [4.78, 5) is 5.41. The van der Waals surface area contributed by atoms with Crippen LogP contribution in [0.3, 0.4) is 0 Å². The summed E-state index contributed by atoms with van der Waals surface area (Å²) in [6, 6.07) is 9.42. The highest BCUT2D eigenvalue weighted by Gasteiger charge is 2.37. The molecule has 4 aliphatic rings. The molecule has 1 saturated heterocycles. The molecule has 3 aliphatic carbocycles. The maximum absolute atomic E-state index is 2.71. The van der Waals surface area contributed by atoms with Gasteiger partial charge in [0.2, 0.25) is 0 Å². The van der Waals surface area contributed by atoms with Crippen LogP contribution in [0.4, 0.5) is 5.69 Å². The third-order valence-electron chi connectivity index (χ3n) is 8.26. The number of halogens is 1. The molecule has 3 saturated carbocycles. The van der Waals surface area contributed by atoms with Crippen LogP contribution in [0.5, 0.6) is 0 Å². The van der Waals surface area contributed by atoms with Gasteiger partial charge in [-0.05, 0) is 80.2 Å². The van der Waals surface area contributed by atoms with Crippen molar-refractivity contribution in [2.45, 2.75) is 76.5 Å². The Balaban J connectivity index is 0.00000192. The molecule has 3 heteroatoms. The summed E-state index contributed by atoms with van der Waals surface area (Å²) in [5.74, 6) is 1.83. The topological polar surface area (TPSA) is 6.48 Å². The molecule has 0 radical (unpaired) electrons. The van der Waals surface area contributed by atoms with E-state index in [0.717, 1.165) is 17.3 Å². The molecular formula is C25H39ClN2. The summed E-state index contributed by atoms with van der Waals surface area (Å²) in [6.45, 7) is 6.33. The van der Waals surface area contributed by atoms with E-state index in [2.05, 4.69) is 34.1 Å². The van der Waals surface area contributed by atoms with Crippen LogP contribution in [0.15, 0.2) is 24.3 Å². The number of nitrogens with zero attached hydrogens (tertiary/aromatic N) is 2. The van der Waals surface area contributed by atoms with E-state index in [0.29, 0.717) is 0 Å². The molecule has 1 aromatic carbocycles. The second-order valence-corrected chi connectivity index (χ2v) is 10.1. The third kappa shape index (κ3) is 4.54. The fourth-order valence-electron chi connectivity index (χ4n) is 6.30. The number of rotatable bonds is 4. The maximum atomic E-state index is 2.71. The van der Waals surface area contributed by atoms with E-state index in [9.17, 15) is 0 Å². The molecule has 156 valence electrons. The van der Waals surface area contributed by atoms with Crippen LogP contribution in [0.2, 0.25) is 0 Å². The fourth-order valence-corrected chi connectivity index (χ4v) is 6.30. The number of hydrogen-bond donors (Lipinski definition) is 0. The lowest BCUT2D eigenvalue weighted by Crippen LogP contribution is -2.47. The molecule has 2 nitrogen and oxygen atoms in total. The first-order valence-electron chi connectivity index (χ1n) is 11.9. The van der Waals surface area contributed by atoms with E-state index in [4.69, 9.17) is 0 Å². The Morgan fingerprint density at radius 2 is 1.46 bits per heavy atom. The van der Waals surface area contributed by atoms with Gasteiger partial charge in [-0.15, -0.1) is 12.4 Å². The molecule has 1 aromatic rings. The quantitative estimate of drug-likeness (QED) is 0.587. The summed E-state index contributed by atoms with van der Waals surface area (Å²) in [5, 5.41) is 0. The molecule has 1 heterocycles. The van der Waals surface area contributed by atoms with Crippen molar-refractivity contribution in [1.82, 2.24) is 4.90 Å². The lowest BCUT2D eigenvalue weighted by molar-refractivity contribution is 0.114.